The molecule has 1 N–H and O–H groups in total. The van der Waals surface area contributed by atoms with Crippen molar-refractivity contribution in [2.75, 3.05) is 32.9 Å². The fourth-order valence-electron chi connectivity index (χ4n) is 4.81. The van der Waals surface area contributed by atoms with Crippen LogP contribution >= 0.6 is 0 Å². The fraction of sp³-hybridized carbons (Fsp3) is 0.905. The van der Waals surface area contributed by atoms with Crippen LogP contribution in [0.5, 0.6) is 0 Å². The van der Waals surface area contributed by atoms with Crippen molar-refractivity contribution in [2.24, 2.45) is 11.3 Å². The molecule has 31 heavy (non-hydrogen) atoms. The number of nitrogens with one attached hydrogen (secondary N) is 1. The average Bonchev–Trinajstić information content (AvgIpc) is 2.75. The Morgan fingerprint density at radius 3 is 2.55 bits per heavy atom. The Hall–Kier alpha value is -1.39. The van der Waals surface area contributed by atoms with E-state index in [0.29, 0.717) is 38.7 Å². The van der Waals surface area contributed by atoms with Crippen LogP contribution in [-0.4, -0.2) is 74.2 Å². The lowest BCUT2D eigenvalue weighted by molar-refractivity contribution is -0.329. The van der Waals surface area contributed by atoms with Crippen LogP contribution in [0.1, 0.15) is 52.4 Å². The lowest BCUT2D eigenvalue weighted by atomic mass is 9.72. The maximum atomic E-state index is 13.2. The monoisotopic (exact) mass is 450 g/mol. The van der Waals surface area contributed by atoms with Gasteiger partial charge < -0.3 is 19.7 Å². The highest BCUT2D eigenvalue weighted by Crippen LogP contribution is 2.43. The second-order valence-electron chi connectivity index (χ2n) is 9.25. The van der Waals surface area contributed by atoms with Crippen LogP contribution in [0.25, 0.3) is 0 Å². The summed E-state index contributed by atoms with van der Waals surface area (Å²) in [6.07, 6.45) is 0.309. The third kappa shape index (κ3) is 6.79. The number of likely N-dealkylation sites (tertiary alicyclic amines) is 1. The summed E-state index contributed by atoms with van der Waals surface area (Å²) in [7, 11) is 0. The summed E-state index contributed by atoms with van der Waals surface area (Å²) < 4.78 is 53.0. The smallest absolute Gasteiger partial charge is 0.378 e. The van der Waals surface area contributed by atoms with Crippen molar-refractivity contribution in [3.05, 3.63) is 0 Å². The van der Waals surface area contributed by atoms with Gasteiger partial charge in [0.1, 0.15) is 6.04 Å². The van der Waals surface area contributed by atoms with Crippen LogP contribution in [-0.2, 0) is 23.8 Å². The van der Waals surface area contributed by atoms with Crippen molar-refractivity contribution < 1.29 is 37.0 Å². The third-order valence-corrected chi connectivity index (χ3v) is 6.68. The number of halogens is 3. The minimum absolute atomic E-state index is 0.0437. The van der Waals surface area contributed by atoms with E-state index in [-0.39, 0.29) is 23.8 Å². The van der Waals surface area contributed by atoms with Crippen molar-refractivity contribution in [2.45, 2.75) is 77.0 Å². The molecular weight excluding hydrogens is 417 g/mol. The molecule has 3 heterocycles. The molecule has 0 aromatic carbocycles. The second kappa shape index (κ2) is 10.0. The lowest BCUT2D eigenvalue weighted by Gasteiger charge is -2.46. The number of rotatable bonds is 8. The van der Waals surface area contributed by atoms with Crippen LogP contribution in [0, 0.1) is 11.3 Å². The number of alkyl halides is 3. The SMILES string of the molecule is CC(=O)NC(C(=O)N1CCCC(COC(F)(F)F)C1)C(C)OCC12CCC(CC1)OC2. The first-order valence-electron chi connectivity index (χ1n) is 11.1. The fourth-order valence-corrected chi connectivity index (χ4v) is 4.81. The Morgan fingerprint density at radius 1 is 1.26 bits per heavy atom. The number of carbonyl (C=O) groups is 2. The van der Waals surface area contributed by atoms with E-state index in [0.717, 1.165) is 25.7 Å². The number of hydrogen-bond donors (Lipinski definition) is 1. The van der Waals surface area contributed by atoms with E-state index in [9.17, 15) is 22.8 Å². The minimum Gasteiger partial charge on any atom is -0.378 e. The predicted octanol–water partition coefficient (Wildman–Crippen LogP) is 2.63. The zero-order chi connectivity index (χ0) is 22.6. The second-order valence-corrected chi connectivity index (χ2v) is 9.25. The molecule has 2 bridgehead atoms. The van der Waals surface area contributed by atoms with Gasteiger partial charge in [-0.05, 0) is 45.4 Å². The van der Waals surface area contributed by atoms with Crippen molar-refractivity contribution in [1.82, 2.24) is 10.2 Å². The Labute approximate surface area is 180 Å². The largest absolute Gasteiger partial charge is 0.522 e. The van der Waals surface area contributed by atoms with Gasteiger partial charge in [-0.15, -0.1) is 13.2 Å². The van der Waals surface area contributed by atoms with E-state index in [4.69, 9.17) is 9.47 Å². The summed E-state index contributed by atoms with van der Waals surface area (Å²) in [5.74, 6) is -1.09. The summed E-state index contributed by atoms with van der Waals surface area (Å²) >= 11 is 0. The minimum atomic E-state index is -4.69. The quantitative estimate of drug-likeness (QED) is 0.615. The summed E-state index contributed by atoms with van der Waals surface area (Å²) in [6.45, 7) is 4.30. The maximum absolute atomic E-state index is 13.2. The molecule has 0 aromatic rings. The molecule has 4 aliphatic rings. The van der Waals surface area contributed by atoms with E-state index in [2.05, 4.69) is 10.1 Å². The van der Waals surface area contributed by atoms with Crippen molar-refractivity contribution in [3.8, 4) is 0 Å². The predicted molar refractivity (Wildman–Crippen MR) is 105 cm³/mol. The van der Waals surface area contributed by atoms with Crippen molar-refractivity contribution in [1.29, 1.82) is 0 Å². The number of amides is 2. The zero-order valence-electron chi connectivity index (χ0n) is 18.2. The highest BCUT2D eigenvalue weighted by Gasteiger charge is 2.43. The zero-order valence-corrected chi connectivity index (χ0v) is 18.2. The maximum Gasteiger partial charge on any atom is 0.522 e. The lowest BCUT2D eigenvalue weighted by Crippen LogP contribution is -2.56. The first-order chi connectivity index (χ1) is 14.6. The highest BCUT2D eigenvalue weighted by molar-refractivity contribution is 5.87. The molecule has 3 saturated heterocycles. The van der Waals surface area contributed by atoms with E-state index in [1.54, 1.807) is 6.92 Å². The van der Waals surface area contributed by atoms with Crippen LogP contribution in [0.3, 0.4) is 0 Å². The number of ether oxygens (including phenoxy) is 3. The van der Waals surface area contributed by atoms with Gasteiger partial charge in [0.25, 0.3) is 0 Å². The van der Waals surface area contributed by atoms with Gasteiger partial charge in [-0.1, -0.05) is 0 Å². The standard InChI is InChI=1S/C21H33F3N2O5/c1-14(29-12-20-7-5-17(6-8-20)30-13-20)18(25-15(2)27)19(28)26-9-3-4-16(10-26)11-31-21(22,23)24/h14,16-18H,3-13H2,1-2H3,(H,25,27). The number of nitrogens with zero attached hydrogens (tertiary/aromatic N) is 1. The molecule has 3 unspecified atom stereocenters. The number of fused-ring (bicyclic) bond motifs is 3. The average molecular weight is 450 g/mol. The van der Waals surface area contributed by atoms with Gasteiger partial charge in [0.15, 0.2) is 0 Å². The molecule has 4 rings (SSSR count). The van der Waals surface area contributed by atoms with Gasteiger partial charge in [0, 0.05) is 31.3 Å². The van der Waals surface area contributed by atoms with Gasteiger partial charge in [-0.2, -0.15) is 0 Å². The normalized spacial score (nSPS) is 30.7. The number of hydrogen-bond acceptors (Lipinski definition) is 5. The summed E-state index contributed by atoms with van der Waals surface area (Å²) in [5.41, 5.74) is -0.0437. The van der Waals surface area contributed by atoms with Gasteiger partial charge in [0.2, 0.25) is 11.8 Å². The van der Waals surface area contributed by atoms with Crippen LogP contribution in [0.15, 0.2) is 0 Å². The topological polar surface area (TPSA) is 77.1 Å². The molecular formula is C21H33F3N2O5. The molecule has 4 fully saturated rings. The van der Waals surface area contributed by atoms with Crippen molar-refractivity contribution >= 4 is 11.8 Å². The van der Waals surface area contributed by atoms with E-state index < -0.39 is 31.0 Å². The van der Waals surface area contributed by atoms with E-state index in [1.165, 1.54) is 11.8 Å². The Balaban J connectivity index is 1.58. The van der Waals surface area contributed by atoms with Crippen LogP contribution in [0.2, 0.25) is 0 Å². The van der Waals surface area contributed by atoms with Crippen LogP contribution in [0.4, 0.5) is 13.2 Å². The van der Waals surface area contributed by atoms with E-state index >= 15 is 0 Å². The summed E-state index contributed by atoms with van der Waals surface area (Å²) in [6, 6.07) is -0.892. The summed E-state index contributed by atoms with van der Waals surface area (Å²) in [5, 5.41) is 2.68. The molecule has 10 heteroatoms. The number of piperidine rings is 1. The molecule has 1 aliphatic carbocycles. The van der Waals surface area contributed by atoms with Gasteiger partial charge in [-0.3, -0.25) is 14.3 Å². The number of carbonyl (C=O) groups excluding carboxylic acids is 2. The summed E-state index contributed by atoms with van der Waals surface area (Å²) in [4.78, 5) is 26.4. The molecule has 3 aliphatic heterocycles. The molecule has 2 amide bonds. The molecule has 0 radical (unpaired) electrons. The molecule has 7 nitrogen and oxygen atoms in total. The molecule has 0 spiro atoms. The van der Waals surface area contributed by atoms with Gasteiger partial charge in [0.05, 0.1) is 32.0 Å². The Kier molecular flexibility index (Phi) is 7.86. The first kappa shape index (κ1) is 24.3. The molecule has 1 saturated carbocycles. The molecule has 0 aromatic heterocycles. The first-order valence-corrected chi connectivity index (χ1v) is 11.1. The van der Waals surface area contributed by atoms with Crippen molar-refractivity contribution in [3.63, 3.8) is 0 Å². The Bertz CT molecular complexity index is 623. The van der Waals surface area contributed by atoms with E-state index in [1.807, 2.05) is 0 Å². The van der Waals surface area contributed by atoms with Gasteiger partial charge in [-0.25, -0.2) is 0 Å². The molecule has 178 valence electrons. The highest BCUT2D eigenvalue weighted by atomic mass is 19.4. The molecule has 3 atom stereocenters. The van der Waals surface area contributed by atoms with Crippen LogP contribution < -0.4 is 5.32 Å². The Morgan fingerprint density at radius 2 is 1.97 bits per heavy atom. The van der Waals surface area contributed by atoms with Gasteiger partial charge >= 0.3 is 6.36 Å². The third-order valence-electron chi connectivity index (χ3n) is 6.68.